The number of halogens is 1. The first-order valence-corrected chi connectivity index (χ1v) is 5.58. The van der Waals surface area contributed by atoms with Crippen LogP contribution in [-0.2, 0) is 0 Å². The van der Waals surface area contributed by atoms with Gasteiger partial charge in [0.15, 0.2) is 11.5 Å². The predicted molar refractivity (Wildman–Crippen MR) is 63.4 cm³/mol. The second-order valence-corrected chi connectivity index (χ2v) is 4.09. The number of benzene rings is 1. The van der Waals surface area contributed by atoms with E-state index < -0.39 is 0 Å². The number of fused-ring (bicyclic) bond motifs is 1. The molecule has 1 atom stereocenters. The Balaban J connectivity index is 2.27. The van der Waals surface area contributed by atoms with E-state index in [2.05, 4.69) is 0 Å². The van der Waals surface area contributed by atoms with Crippen molar-refractivity contribution in [1.29, 1.82) is 0 Å². The summed E-state index contributed by atoms with van der Waals surface area (Å²) in [7, 11) is 0. The fraction of sp³-hybridized carbons (Fsp3) is 0.308. The number of hydrogen-bond donors (Lipinski definition) is 1. The summed E-state index contributed by atoms with van der Waals surface area (Å²) in [4.78, 5) is 11.8. The molecule has 2 rings (SSSR count). The largest absolute Gasteiger partial charge is 0.453 e. The van der Waals surface area contributed by atoms with Gasteiger partial charge in [0.25, 0.3) is 0 Å². The standard InChI is InChI=1S/C13H14FNO2/c1-2-10(15)7-11(16)13-6-8-5-9(14)3-4-12(8)17-13/h3-6,10H,2,7,15H2,1H3. The van der Waals surface area contributed by atoms with E-state index in [1.54, 1.807) is 6.07 Å². The Kier molecular flexibility index (Phi) is 3.24. The molecule has 0 aliphatic heterocycles. The molecule has 0 aliphatic rings. The second kappa shape index (κ2) is 4.67. The van der Waals surface area contributed by atoms with E-state index in [-0.39, 0.29) is 29.8 Å². The summed E-state index contributed by atoms with van der Waals surface area (Å²) < 4.78 is 18.3. The van der Waals surface area contributed by atoms with Gasteiger partial charge in [-0.2, -0.15) is 0 Å². The Labute approximate surface area is 98.4 Å². The molecular weight excluding hydrogens is 221 g/mol. The van der Waals surface area contributed by atoms with Gasteiger partial charge in [-0.3, -0.25) is 4.79 Å². The van der Waals surface area contributed by atoms with E-state index in [9.17, 15) is 9.18 Å². The molecule has 1 aromatic carbocycles. The average Bonchev–Trinajstić information content (AvgIpc) is 2.71. The van der Waals surface area contributed by atoms with E-state index in [0.29, 0.717) is 11.0 Å². The normalized spacial score (nSPS) is 12.9. The van der Waals surface area contributed by atoms with E-state index in [0.717, 1.165) is 6.42 Å². The number of hydrogen-bond acceptors (Lipinski definition) is 3. The van der Waals surface area contributed by atoms with Crippen molar-refractivity contribution in [2.75, 3.05) is 0 Å². The molecule has 0 bridgehead atoms. The number of Topliss-reactive ketones (excluding diaryl/α,β-unsaturated/α-hetero) is 1. The molecule has 2 aromatic rings. The lowest BCUT2D eigenvalue weighted by Crippen LogP contribution is -2.22. The molecule has 0 fully saturated rings. The number of carbonyl (C=O) groups is 1. The van der Waals surface area contributed by atoms with Gasteiger partial charge in [0.1, 0.15) is 11.4 Å². The Bertz CT molecular complexity index is 547. The van der Waals surface area contributed by atoms with Crippen molar-refractivity contribution < 1.29 is 13.6 Å². The van der Waals surface area contributed by atoms with Crippen LogP contribution < -0.4 is 5.73 Å². The summed E-state index contributed by atoms with van der Waals surface area (Å²) in [6.07, 6.45) is 0.986. The maximum atomic E-state index is 13.0. The summed E-state index contributed by atoms with van der Waals surface area (Å²) in [5.74, 6) is -0.243. The third-order valence-electron chi connectivity index (χ3n) is 2.73. The fourth-order valence-electron chi connectivity index (χ4n) is 1.63. The molecule has 1 unspecified atom stereocenters. The van der Waals surface area contributed by atoms with Gasteiger partial charge in [-0.15, -0.1) is 0 Å². The summed E-state index contributed by atoms with van der Waals surface area (Å²) in [5, 5.41) is 0.596. The van der Waals surface area contributed by atoms with Crippen LogP contribution in [0.3, 0.4) is 0 Å². The number of nitrogens with two attached hydrogens (primary N) is 1. The lowest BCUT2D eigenvalue weighted by molar-refractivity contribution is 0.0949. The van der Waals surface area contributed by atoms with Crippen molar-refractivity contribution in [3.8, 4) is 0 Å². The summed E-state index contributed by atoms with van der Waals surface area (Å²) in [6, 6.07) is 5.56. The topological polar surface area (TPSA) is 56.2 Å². The average molecular weight is 235 g/mol. The van der Waals surface area contributed by atoms with E-state index in [1.165, 1.54) is 18.2 Å². The minimum absolute atomic E-state index is 0.143. The molecule has 0 radical (unpaired) electrons. The van der Waals surface area contributed by atoms with E-state index >= 15 is 0 Å². The zero-order valence-corrected chi connectivity index (χ0v) is 9.57. The molecule has 0 spiro atoms. The minimum atomic E-state index is -0.345. The van der Waals surface area contributed by atoms with Crippen molar-refractivity contribution in [3.63, 3.8) is 0 Å². The van der Waals surface area contributed by atoms with Crippen LogP contribution in [0.2, 0.25) is 0 Å². The lowest BCUT2D eigenvalue weighted by atomic mass is 10.1. The number of furan rings is 1. The first kappa shape index (κ1) is 11.8. The highest BCUT2D eigenvalue weighted by molar-refractivity contribution is 5.97. The smallest absolute Gasteiger partial charge is 0.199 e. The zero-order chi connectivity index (χ0) is 12.4. The Morgan fingerprint density at radius 1 is 1.47 bits per heavy atom. The third-order valence-corrected chi connectivity index (χ3v) is 2.73. The van der Waals surface area contributed by atoms with Crippen LogP contribution in [0.25, 0.3) is 11.0 Å². The molecule has 0 saturated carbocycles. The first-order valence-electron chi connectivity index (χ1n) is 5.58. The third kappa shape index (κ3) is 2.53. The predicted octanol–water partition coefficient (Wildman–Crippen LogP) is 2.88. The van der Waals surface area contributed by atoms with Crippen molar-refractivity contribution in [2.24, 2.45) is 5.73 Å². The molecule has 3 nitrogen and oxygen atoms in total. The van der Waals surface area contributed by atoms with Gasteiger partial charge < -0.3 is 10.2 Å². The highest BCUT2D eigenvalue weighted by Gasteiger charge is 2.15. The van der Waals surface area contributed by atoms with Crippen molar-refractivity contribution in [2.45, 2.75) is 25.8 Å². The van der Waals surface area contributed by atoms with Crippen molar-refractivity contribution >= 4 is 16.8 Å². The second-order valence-electron chi connectivity index (χ2n) is 4.09. The van der Waals surface area contributed by atoms with Crippen molar-refractivity contribution in [1.82, 2.24) is 0 Å². The monoisotopic (exact) mass is 235 g/mol. The van der Waals surface area contributed by atoms with E-state index in [4.69, 9.17) is 10.2 Å². The quantitative estimate of drug-likeness (QED) is 0.829. The highest BCUT2D eigenvalue weighted by atomic mass is 19.1. The molecule has 4 heteroatoms. The zero-order valence-electron chi connectivity index (χ0n) is 9.57. The number of ketones is 1. The fourth-order valence-corrected chi connectivity index (χ4v) is 1.63. The van der Waals surface area contributed by atoms with Crippen LogP contribution in [0.1, 0.15) is 30.3 Å². The molecule has 2 N–H and O–H groups in total. The maximum Gasteiger partial charge on any atom is 0.199 e. The Hall–Kier alpha value is -1.68. The van der Waals surface area contributed by atoms with Gasteiger partial charge in [0.2, 0.25) is 0 Å². The Morgan fingerprint density at radius 2 is 2.24 bits per heavy atom. The first-order chi connectivity index (χ1) is 8.10. The summed E-state index contributed by atoms with van der Waals surface area (Å²) >= 11 is 0. The number of carbonyl (C=O) groups excluding carboxylic acids is 1. The summed E-state index contributed by atoms with van der Waals surface area (Å²) in [5.41, 5.74) is 6.22. The van der Waals surface area contributed by atoms with Gasteiger partial charge in [0.05, 0.1) is 0 Å². The van der Waals surface area contributed by atoms with E-state index in [1.807, 2.05) is 6.92 Å². The van der Waals surface area contributed by atoms with Crippen LogP contribution in [0.5, 0.6) is 0 Å². The molecule has 0 amide bonds. The maximum absolute atomic E-state index is 13.0. The molecule has 1 heterocycles. The highest BCUT2D eigenvalue weighted by Crippen LogP contribution is 2.21. The van der Waals surface area contributed by atoms with Crippen LogP contribution in [0.4, 0.5) is 4.39 Å². The van der Waals surface area contributed by atoms with Gasteiger partial charge in [-0.1, -0.05) is 6.92 Å². The Morgan fingerprint density at radius 3 is 2.94 bits per heavy atom. The molecule has 1 aromatic heterocycles. The van der Waals surface area contributed by atoms with Crippen LogP contribution >= 0.6 is 0 Å². The summed E-state index contributed by atoms with van der Waals surface area (Å²) in [6.45, 7) is 1.92. The van der Waals surface area contributed by atoms with Crippen LogP contribution in [0.15, 0.2) is 28.7 Å². The van der Waals surface area contributed by atoms with Crippen LogP contribution in [-0.4, -0.2) is 11.8 Å². The molecular formula is C13H14FNO2. The van der Waals surface area contributed by atoms with Gasteiger partial charge in [0, 0.05) is 17.8 Å². The van der Waals surface area contributed by atoms with Crippen molar-refractivity contribution in [3.05, 3.63) is 35.8 Å². The van der Waals surface area contributed by atoms with Gasteiger partial charge in [-0.05, 0) is 30.7 Å². The lowest BCUT2D eigenvalue weighted by Gasteiger charge is -2.04. The van der Waals surface area contributed by atoms with Gasteiger partial charge in [-0.25, -0.2) is 4.39 Å². The van der Waals surface area contributed by atoms with Gasteiger partial charge >= 0.3 is 0 Å². The molecule has 0 saturated heterocycles. The number of rotatable bonds is 4. The molecule has 17 heavy (non-hydrogen) atoms. The SMILES string of the molecule is CCC(N)CC(=O)c1cc2cc(F)ccc2o1. The van der Waals surface area contributed by atoms with Crippen LogP contribution in [0, 0.1) is 5.82 Å². The molecule has 90 valence electrons. The molecule has 0 aliphatic carbocycles. The minimum Gasteiger partial charge on any atom is -0.453 e.